The van der Waals surface area contributed by atoms with Crippen LogP contribution in [0.15, 0.2) is 48.9 Å². The predicted octanol–water partition coefficient (Wildman–Crippen LogP) is 2.32. The quantitative estimate of drug-likeness (QED) is 0.859. The van der Waals surface area contributed by atoms with Gasteiger partial charge in [-0.3, -0.25) is 14.8 Å². The summed E-state index contributed by atoms with van der Waals surface area (Å²) >= 11 is 0. The van der Waals surface area contributed by atoms with E-state index in [1.807, 2.05) is 29.2 Å². The minimum Gasteiger partial charge on any atom is -0.486 e. The lowest BCUT2D eigenvalue weighted by Crippen LogP contribution is -2.50. The summed E-state index contributed by atoms with van der Waals surface area (Å²) in [5, 5.41) is 0. The Morgan fingerprint density at radius 2 is 2.24 bits per heavy atom. The molecular weight excluding hydrogens is 318 g/mol. The number of carbonyl (C=O) groups excluding carboxylic acids is 1. The highest BCUT2D eigenvalue weighted by atomic mass is 16.6. The van der Waals surface area contributed by atoms with Crippen molar-refractivity contribution >= 4 is 5.91 Å². The number of aromatic nitrogens is 2. The maximum Gasteiger partial charge on any atom is 0.272 e. The van der Waals surface area contributed by atoms with Crippen molar-refractivity contribution in [2.45, 2.75) is 31.0 Å². The van der Waals surface area contributed by atoms with Gasteiger partial charge in [-0.1, -0.05) is 6.07 Å². The lowest BCUT2D eigenvalue weighted by molar-refractivity contribution is -0.0454. The highest BCUT2D eigenvalue weighted by Crippen LogP contribution is 2.36. The van der Waals surface area contributed by atoms with E-state index in [4.69, 9.17) is 9.47 Å². The van der Waals surface area contributed by atoms with Crippen LogP contribution in [0.3, 0.4) is 0 Å². The Morgan fingerprint density at radius 1 is 1.28 bits per heavy atom. The summed E-state index contributed by atoms with van der Waals surface area (Å²) in [4.78, 5) is 22.8. The molecule has 2 aliphatic rings. The second-order valence-electron chi connectivity index (χ2n) is 6.67. The van der Waals surface area contributed by atoms with E-state index < -0.39 is 0 Å². The first kappa shape index (κ1) is 16.0. The van der Waals surface area contributed by atoms with Crippen LogP contribution >= 0.6 is 0 Å². The van der Waals surface area contributed by atoms with E-state index in [2.05, 4.69) is 9.97 Å². The molecule has 4 heterocycles. The van der Waals surface area contributed by atoms with Crippen LogP contribution in [0.4, 0.5) is 0 Å². The molecule has 6 heteroatoms. The summed E-state index contributed by atoms with van der Waals surface area (Å²) in [5.74, 6) is 0.727. The third-order valence-electron chi connectivity index (χ3n) is 4.82. The first-order chi connectivity index (χ1) is 12.2. The summed E-state index contributed by atoms with van der Waals surface area (Å²) in [6.07, 6.45) is 7.74. The molecule has 4 rings (SSSR count). The number of hydrogen-bond acceptors (Lipinski definition) is 5. The number of amides is 1. The van der Waals surface area contributed by atoms with Gasteiger partial charge in [0.05, 0.1) is 24.9 Å². The average Bonchev–Trinajstić information content (AvgIpc) is 3.04. The summed E-state index contributed by atoms with van der Waals surface area (Å²) in [7, 11) is 0. The molecule has 0 bridgehead atoms. The molecule has 0 saturated carbocycles. The molecule has 0 N–H and O–H groups in total. The predicted molar refractivity (Wildman–Crippen MR) is 91.3 cm³/mol. The molecule has 2 aromatic heterocycles. The number of rotatable bonds is 3. The minimum atomic E-state index is -0.310. The fraction of sp³-hybridized carbons (Fsp3) is 0.421. The van der Waals surface area contributed by atoms with Gasteiger partial charge in [-0.25, -0.2) is 0 Å². The van der Waals surface area contributed by atoms with Crippen LogP contribution in [0, 0.1) is 0 Å². The molecule has 0 unspecified atom stereocenters. The van der Waals surface area contributed by atoms with E-state index in [1.54, 1.807) is 24.7 Å². The third kappa shape index (κ3) is 3.49. The second kappa shape index (κ2) is 6.80. The van der Waals surface area contributed by atoms with E-state index in [9.17, 15) is 4.79 Å². The number of nitrogens with zero attached hydrogens (tertiary/aromatic N) is 3. The lowest BCUT2D eigenvalue weighted by Gasteiger charge is -2.39. The van der Waals surface area contributed by atoms with Crippen LogP contribution in [0.5, 0.6) is 5.75 Å². The first-order valence-electron chi connectivity index (χ1n) is 8.65. The molecule has 2 aliphatic heterocycles. The Bertz CT molecular complexity index is 725. The number of likely N-dealkylation sites (tertiary alicyclic amines) is 1. The highest BCUT2D eigenvalue weighted by molar-refractivity contribution is 5.92. The molecule has 2 atom stereocenters. The second-order valence-corrected chi connectivity index (χ2v) is 6.67. The molecule has 1 spiro atoms. The van der Waals surface area contributed by atoms with Crippen LogP contribution in [0.1, 0.15) is 29.8 Å². The SMILES string of the molecule is O=C(c1ccccn1)N1CCC[C@@]2(C[C@H](Oc3cccnc3)CO2)C1. The average molecular weight is 339 g/mol. The normalized spacial score (nSPS) is 25.9. The van der Waals surface area contributed by atoms with E-state index in [1.165, 1.54) is 0 Å². The monoisotopic (exact) mass is 339 g/mol. The Kier molecular flexibility index (Phi) is 4.36. The van der Waals surface area contributed by atoms with E-state index >= 15 is 0 Å². The number of piperidine rings is 1. The van der Waals surface area contributed by atoms with Crippen molar-refractivity contribution in [3.63, 3.8) is 0 Å². The summed E-state index contributed by atoms with van der Waals surface area (Å²) < 4.78 is 12.1. The van der Waals surface area contributed by atoms with Gasteiger partial charge in [-0.15, -0.1) is 0 Å². The number of carbonyl (C=O) groups is 1. The molecular formula is C19H21N3O3. The largest absolute Gasteiger partial charge is 0.486 e. The van der Waals surface area contributed by atoms with Gasteiger partial charge < -0.3 is 14.4 Å². The molecule has 0 radical (unpaired) electrons. The number of pyridine rings is 2. The Hall–Kier alpha value is -2.47. The third-order valence-corrected chi connectivity index (χ3v) is 4.82. The van der Waals surface area contributed by atoms with Crippen molar-refractivity contribution in [2.75, 3.05) is 19.7 Å². The van der Waals surface area contributed by atoms with E-state index in [0.717, 1.165) is 31.6 Å². The van der Waals surface area contributed by atoms with Gasteiger partial charge in [0, 0.05) is 25.4 Å². The van der Waals surface area contributed by atoms with Gasteiger partial charge in [0.15, 0.2) is 0 Å². The van der Waals surface area contributed by atoms with Crippen LogP contribution < -0.4 is 4.74 Å². The Labute approximate surface area is 146 Å². The molecule has 25 heavy (non-hydrogen) atoms. The van der Waals surface area contributed by atoms with Gasteiger partial charge in [0.25, 0.3) is 5.91 Å². The maximum atomic E-state index is 12.7. The van der Waals surface area contributed by atoms with Crippen LogP contribution in [-0.4, -0.2) is 52.2 Å². The summed E-state index contributed by atoms with van der Waals surface area (Å²) in [5.41, 5.74) is 0.177. The zero-order chi connectivity index (χ0) is 17.1. The summed E-state index contributed by atoms with van der Waals surface area (Å²) in [6.45, 7) is 1.88. The topological polar surface area (TPSA) is 64.6 Å². The van der Waals surface area contributed by atoms with Crippen LogP contribution in [0.2, 0.25) is 0 Å². The van der Waals surface area contributed by atoms with Crippen molar-refractivity contribution in [3.8, 4) is 5.75 Å². The van der Waals surface area contributed by atoms with Crippen molar-refractivity contribution in [1.82, 2.24) is 14.9 Å². The summed E-state index contributed by atoms with van der Waals surface area (Å²) in [6, 6.07) is 9.16. The molecule has 2 aromatic rings. The number of hydrogen-bond donors (Lipinski definition) is 0. The Balaban J connectivity index is 1.42. The van der Waals surface area contributed by atoms with E-state index in [0.29, 0.717) is 18.8 Å². The molecule has 0 aliphatic carbocycles. The molecule has 130 valence electrons. The molecule has 1 amide bonds. The van der Waals surface area contributed by atoms with Crippen LogP contribution in [0.25, 0.3) is 0 Å². The lowest BCUT2D eigenvalue weighted by atomic mass is 9.89. The highest BCUT2D eigenvalue weighted by Gasteiger charge is 2.45. The van der Waals surface area contributed by atoms with Gasteiger partial charge in [0.2, 0.25) is 0 Å². The van der Waals surface area contributed by atoms with Crippen molar-refractivity contribution < 1.29 is 14.3 Å². The zero-order valence-electron chi connectivity index (χ0n) is 14.0. The van der Waals surface area contributed by atoms with Gasteiger partial charge >= 0.3 is 0 Å². The molecule has 2 fully saturated rings. The standard InChI is InChI=1S/C19H21N3O3/c23-18(17-6-1-2-9-21-17)22-10-4-7-19(14-22)11-16(13-24-19)25-15-5-3-8-20-12-15/h1-3,5-6,8-9,12,16H,4,7,10-11,13-14H2/t16-,19+/m0/s1. The number of ether oxygens (including phenoxy) is 2. The Morgan fingerprint density at radius 3 is 3.04 bits per heavy atom. The van der Waals surface area contributed by atoms with Crippen molar-refractivity contribution in [1.29, 1.82) is 0 Å². The molecule has 2 saturated heterocycles. The van der Waals surface area contributed by atoms with Crippen molar-refractivity contribution in [3.05, 3.63) is 54.6 Å². The van der Waals surface area contributed by atoms with E-state index in [-0.39, 0.29) is 17.6 Å². The van der Waals surface area contributed by atoms with Gasteiger partial charge in [-0.2, -0.15) is 0 Å². The smallest absolute Gasteiger partial charge is 0.272 e. The fourth-order valence-corrected chi connectivity index (χ4v) is 3.69. The minimum absolute atomic E-state index is 0.00546. The van der Waals surface area contributed by atoms with Gasteiger partial charge in [0.1, 0.15) is 17.5 Å². The molecule has 6 nitrogen and oxygen atoms in total. The zero-order valence-corrected chi connectivity index (χ0v) is 14.0. The fourth-order valence-electron chi connectivity index (χ4n) is 3.69. The van der Waals surface area contributed by atoms with Crippen LogP contribution in [-0.2, 0) is 4.74 Å². The maximum absolute atomic E-state index is 12.7. The van der Waals surface area contributed by atoms with Crippen molar-refractivity contribution in [2.24, 2.45) is 0 Å². The van der Waals surface area contributed by atoms with Gasteiger partial charge in [-0.05, 0) is 37.1 Å². The first-order valence-corrected chi connectivity index (χ1v) is 8.65. The molecule has 0 aromatic carbocycles.